The van der Waals surface area contributed by atoms with Crippen molar-refractivity contribution in [3.8, 4) is 21.1 Å². The third-order valence-corrected chi connectivity index (χ3v) is 7.76. The fourth-order valence-corrected chi connectivity index (χ4v) is 5.92. The van der Waals surface area contributed by atoms with Gasteiger partial charge in [-0.25, -0.2) is 18.4 Å². The van der Waals surface area contributed by atoms with Crippen LogP contribution in [0.1, 0.15) is 13.3 Å². The van der Waals surface area contributed by atoms with Crippen LogP contribution in [0.25, 0.3) is 31.4 Å². The number of fused-ring (bicyclic) bond motifs is 1. The summed E-state index contributed by atoms with van der Waals surface area (Å²) in [7, 11) is -3.43. The molecule has 0 bridgehead atoms. The fourth-order valence-electron chi connectivity index (χ4n) is 2.61. The van der Waals surface area contributed by atoms with E-state index in [1.165, 1.54) is 11.3 Å². The van der Waals surface area contributed by atoms with Crippen molar-refractivity contribution < 1.29 is 8.42 Å². The maximum Gasteiger partial charge on any atom is 0.228 e. The number of aromatic nitrogens is 2. The van der Waals surface area contributed by atoms with Gasteiger partial charge in [0, 0.05) is 15.8 Å². The Morgan fingerprint density at radius 3 is 2.44 bits per heavy atom. The van der Waals surface area contributed by atoms with E-state index in [2.05, 4.69) is 15.2 Å². The molecule has 0 aliphatic rings. The second-order valence-corrected chi connectivity index (χ2v) is 10.3. The molecule has 4 aromatic rings. The molecule has 0 radical (unpaired) electrons. The van der Waals surface area contributed by atoms with Crippen molar-refractivity contribution in [2.45, 2.75) is 13.3 Å². The first-order valence-corrected chi connectivity index (χ1v) is 12.5. The Balaban J connectivity index is 1.83. The molecule has 0 unspecified atom stereocenters. The minimum Gasteiger partial charge on any atom is -0.291 e. The van der Waals surface area contributed by atoms with Crippen molar-refractivity contribution in [1.82, 2.24) is 14.8 Å². The van der Waals surface area contributed by atoms with E-state index >= 15 is 0 Å². The third kappa shape index (κ3) is 3.90. The Labute approximate surface area is 169 Å². The average molecular weight is 437 g/mol. The van der Waals surface area contributed by atoms with Gasteiger partial charge in [0.1, 0.15) is 4.83 Å². The molecule has 0 saturated heterocycles. The van der Waals surface area contributed by atoms with Crippen molar-refractivity contribution in [3.63, 3.8) is 0 Å². The molecule has 10 heteroatoms. The number of hydrogen-bond acceptors (Lipinski definition) is 8. The summed E-state index contributed by atoms with van der Waals surface area (Å²) in [5.41, 5.74) is 3.83. The van der Waals surface area contributed by atoms with Gasteiger partial charge in [0.25, 0.3) is 0 Å². The minimum absolute atomic E-state index is 0.0490. The van der Waals surface area contributed by atoms with E-state index in [1.807, 2.05) is 47.3 Å². The first kappa shape index (κ1) is 18.5. The lowest BCUT2D eigenvalue weighted by atomic mass is 10.2. The first-order chi connectivity index (χ1) is 13.1. The predicted molar refractivity (Wildman–Crippen MR) is 115 cm³/mol. The number of anilines is 1. The molecule has 0 aliphatic heterocycles. The highest BCUT2D eigenvalue weighted by atomic mass is 32.2. The summed E-state index contributed by atoms with van der Waals surface area (Å²) >= 11 is 4.69. The van der Waals surface area contributed by atoms with Gasteiger partial charge in [0.05, 0.1) is 16.0 Å². The first-order valence-electron chi connectivity index (χ1n) is 8.20. The van der Waals surface area contributed by atoms with E-state index < -0.39 is 10.0 Å². The lowest BCUT2D eigenvalue weighted by Crippen LogP contribution is -2.32. The van der Waals surface area contributed by atoms with Crippen LogP contribution in [0.15, 0.2) is 40.4 Å². The number of hydrogen-bond donors (Lipinski definition) is 2. The molecule has 0 atom stereocenters. The number of sulfonamides is 1. The normalized spacial score (nSPS) is 11.9. The van der Waals surface area contributed by atoms with Crippen molar-refractivity contribution >= 4 is 60.1 Å². The van der Waals surface area contributed by atoms with Crippen molar-refractivity contribution in [1.29, 1.82) is 0 Å². The Morgan fingerprint density at radius 2 is 1.78 bits per heavy atom. The predicted octanol–water partition coefficient (Wildman–Crippen LogP) is 4.80. The molecular weight excluding hydrogens is 420 g/mol. The van der Waals surface area contributed by atoms with Crippen LogP contribution in [0, 0.1) is 0 Å². The largest absolute Gasteiger partial charge is 0.291 e. The zero-order valence-electron chi connectivity index (χ0n) is 14.3. The summed E-state index contributed by atoms with van der Waals surface area (Å²) in [5.74, 6) is 1.09. The SMILES string of the molecule is CCCS(=O)(=O)NNc1nc(-c2cccs2)nc2scc(-c3cccs3)c12. The van der Waals surface area contributed by atoms with Gasteiger partial charge in [0.2, 0.25) is 10.0 Å². The van der Waals surface area contributed by atoms with Gasteiger partial charge >= 0.3 is 0 Å². The summed E-state index contributed by atoms with van der Waals surface area (Å²) in [6.07, 6.45) is 0.537. The maximum atomic E-state index is 12.1. The molecule has 0 spiro atoms. The molecular formula is C17H16N4O2S4. The summed E-state index contributed by atoms with van der Waals surface area (Å²) in [6.45, 7) is 1.82. The highest BCUT2D eigenvalue weighted by Crippen LogP contribution is 2.40. The zero-order valence-corrected chi connectivity index (χ0v) is 17.6. The second kappa shape index (κ2) is 7.64. The molecule has 2 N–H and O–H groups in total. The van der Waals surface area contributed by atoms with Crippen molar-refractivity contribution in [3.05, 3.63) is 40.4 Å². The van der Waals surface area contributed by atoms with Gasteiger partial charge in [-0.15, -0.1) is 38.8 Å². The van der Waals surface area contributed by atoms with E-state index in [9.17, 15) is 8.42 Å². The summed E-state index contributed by atoms with van der Waals surface area (Å²) in [5, 5.41) is 6.83. The van der Waals surface area contributed by atoms with E-state index in [-0.39, 0.29) is 5.75 Å². The van der Waals surface area contributed by atoms with E-state index in [4.69, 9.17) is 4.98 Å². The molecule has 0 aliphatic carbocycles. The van der Waals surface area contributed by atoms with Crippen molar-refractivity contribution in [2.24, 2.45) is 0 Å². The lowest BCUT2D eigenvalue weighted by Gasteiger charge is -2.11. The molecule has 4 rings (SSSR count). The highest BCUT2D eigenvalue weighted by Gasteiger charge is 2.18. The lowest BCUT2D eigenvalue weighted by molar-refractivity contribution is 0.586. The standard InChI is InChI=1S/C17H16N4O2S4/c1-2-9-27(22,23)21-20-16-14-11(12-5-3-7-24-12)10-26-17(14)19-15(18-16)13-6-4-8-25-13/h3-8,10,21H,2,9H2,1H3,(H,18,19,20). The molecule has 0 fully saturated rings. The summed E-state index contributed by atoms with van der Waals surface area (Å²) in [4.78, 5) is 14.6. The number of rotatable bonds is 7. The van der Waals surface area contributed by atoms with Gasteiger partial charge < -0.3 is 0 Å². The van der Waals surface area contributed by atoms with E-state index in [1.54, 1.807) is 22.7 Å². The molecule has 6 nitrogen and oxygen atoms in total. The van der Waals surface area contributed by atoms with Gasteiger partial charge in [-0.3, -0.25) is 5.43 Å². The molecule has 0 aromatic carbocycles. The molecule has 4 heterocycles. The van der Waals surface area contributed by atoms with Crippen LogP contribution in [0.3, 0.4) is 0 Å². The van der Waals surface area contributed by atoms with E-state index in [0.717, 1.165) is 25.5 Å². The summed E-state index contributed by atoms with van der Waals surface area (Å²) in [6, 6.07) is 7.91. The maximum absolute atomic E-state index is 12.1. The number of nitrogens with one attached hydrogen (secondary N) is 2. The summed E-state index contributed by atoms with van der Waals surface area (Å²) < 4.78 is 24.2. The number of hydrazine groups is 1. The number of thiophene rings is 3. The molecule has 140 valence electrons. The van der Waals surface area contributed by atoms with Crippen LogP contribution in [0.5, 0.6) is 0 Å². The van der Waals surface area contributed by atoms with Crippen LogP contribution >= 0.6 is 34.0 Å². The Hall–Kier alpha value is -1.85. The van der Waals surface area contributed by atoms with Gasteiger partial charge in [-0.2, -0.15) is 0 Å². The molecule has 0 saturated carbocycles. The Kier molecular flexibility index (Phi) is 5.24. The number of nitrogens with zero attached hydrogens (tertiary/aromatic N) is 2. The molecule has 4 aromatic heterocycles. The molecule has 0 amide bonds. The fraction of sp³-hybridized carbons (Fsp3) is 0.176. The quantitative estimate of drug-likeness (QED) is 0.406. The monoisotopic (exact) mass is 436 g/mol. The van der Waals surface area contributed by atoms with Crippen LogP contribution in [0.2, 0.25) is 0 Å². The van der Waals surface area contributed by atoms with Gasteiger partial charge in [-0.1, -0.05) is 19.1 Å². The second-order valence-electron chi connectivity index (χ2n) is 5.73. The van der Waals surface area contributed by atoms with Gasteiger partial charge in [0.15, 0.2) is 11.6 Å². The van der Waals surface area contributed by atoms with Gasteiger partial charge in [-0.05, 0) is 29.3 Å². The van der Waals surface area contributed by atoms with Crippen LogP contribution < -0.4 is 10.3 Å². The Bertz CT molecular complexity index is 1150. The van der Waals surface area contributed by atoms with Crippen LogP contribution in [0.4, 0.5) is 5.82 Å². The minimum atomic E-state index is -3.43. The highest BCUT2D eigenvalue weighted by molar-refractivity contribution is 7.89. The van der Waals surface area contributed by atoms with E-state index in [0.29, 0.717) is 18.1 Å². The zero-order chi connectivity index (χ0) is 18.9. The van der Waals surface area contributed by atoms with Crippen LogP contribution in [-0.4, -0.2) is 24.1 Å². The van der Waals surface area contributed by atoms with Crippen molar-refractivity contribution in [2.75, 3.05) is 11.2 Å². The average Bonchev–Trinajstić information content (AvgIpc) is 3.39. The third-order valence-electron chi connectivity index (χ3n) is 3.76. The van der Waals surface area contributed by atoms with Crippen LogP contribution in [-0.2, 0) is 10.0 Å². The molecule has 27 heavy (non-hydrogen) atoms. The smallest absolute Gasteiger partial charge is 0.228 e. The Morgan fingerprint density at radius 1 is 1.04 bits per heavy atom. The topological polar surface area (TPSA) is 84.0 Å².